The summed E-state index contributed by atoms with van der Waals surface area (Å²) in [4.78, 5) is 31.1. The Kier molecular flexibility index (Phi) is 8.68. The number of carboxylic acids is 1. The molecular weight excluding hydrogens is 556 g/mol. The maximum atomic E-state index is 13.1. The molecule has 4 rings (SSSR count). The number of carboxylic acid groups (broad SMARTS) is 1. The van der Waals surface area contributed by atoms with E-state index in [1.807, 2.05) is 56.3 Å². The molecule has 37 heavy (non-hydrogen) atoms. The first-order chi connectivity index (χ1) is 17.9. The summed E-state index contributed by atoms with van der Waals surface area (Å²) < 4.78 is 12.6. The monoisotopic (exact) mass is 580 g/mol. The van der Waals surface area contributed by atoms with E-state index >= 15 is 0 Å². The quantitative estimate of drug-likeness (QED) is 0.282. The molecule has 1 heterocycles. The van der Waals surface area contributed by atoms with Gasteiger partial charge in [0, 0.05) is 6.54 Å². The van der Waals surface area contributed by atoms with E-state index in [1.54, 1.807) is 23.1 Å². The number of aromatic carboxylic acids is 1. The molecular formula is C28H25BrN2O5S. The van der Waals surface area contributed by atoms with Gasteiger partial charge in [-0.2, -0.15) is 0 Å². The number of aliphatic imine (C=N–C) groups is 1. The first-order valence-electron chi connectivity index (χ1n) is 11.7. The highest BCUT2D eigenvalue weighted by atomic mass is 79.9. The Labute approximate surface area is 227 Å². The first-order valence-corrected chi connectivity index (χ1v) is 13.3. The van der Waals surface area contributed by atoms with Crippen LogP contribution in [0.4, 0.5) is 5.69 Å². The van der Waals surface area contributed by atoms with E-state index in [9.17, 15) is 14.7 Å². The van der Waals surface area contributed by atoms with Gasteiger partial charge >= 0.3 is 5.97 Å². The van der Waals surface area contributed by atoms with Gasteiger partial charge in [-0.15, -0.1) is 0 Å². The minimum Gasteiger partial charge on any atom is -0.490 e. The highest BCUT2D eigenvalue weighted by Crippen LogP contribution is 2.40. The molecule has 3 aromatic rings. The number of amides is 1. The van der Waals surface area contributed by atoms with Gasteiger partial charge in [-0.1, -0.05) is 36.4 Å². The molecule has 0 unspecified atom stereocenters. The number of carbonyl (C=O) groups excluding carboxylic acids is 1. The number of carbonyl (C=O) groups is 2. The number of nitrogens with zero attached hydrogens (tertiary/aromatic N) is 2. The summed E-state index contributed by atoms with van der Waals surface area (Å²) >= 11 is 4.84. The number of amidine groups is 1. The fraction of sp³-hybridized carbons (Fsp3) is 0.179. The molecule has 190 valence electrons. The molecule has 1 N–H and O–H groups in total. The minimum atomic E-state index is -1.03. The maximum Gasteiger partial charge on any atom is 0.335 e. The highest BCUT2D eigenvalue weighted by Gasteiger charge is 2.32. The van der Waals surface area contributed by atoms with Gasteiger partial charge in [-0.25, -0.2) is 9.79 Å². The lowest BCUT2D eigenvalue weighted by atomic mass is 10.1. The van der Waals surface area contributed by atoms with Crippen molar-refractivity contribution in [3.63, 3.8) is 0 Å². The number of ether oxygens (including phenoxy) is 2. The van der Waals surface area contributed by atoms with Crippen LogP contribution in [0, 0.1) is 0 Å². The highest BCUT2D eigenvalue weighted by molar-refractivity contribution is 9.10. The molecule has 1 amide bonds. The first kappa shape index (κ1) is 26.5. The Morgan fingerprint density at radius 2 is 1.86 bits per heavy atom. The van der Waals surface area contributed by atoms with E-state index in [2.05, 4.69) is 20.9 Å². The van der Waals surface area contributed by atoms with Crippen molar-refractivity contribution in [2.45, 2.75) is 20.5 Å². The Morgan fingerprint density at radius 3 is 2.57 bits per heavy atom. The van der Waals surface area contributed by atoms with Gasteiger partial charge in [0.05, 0.1) is 27.2 Å². The predicted molar refractivity (Wildman–Crippen MR) is 150 cm³/mol. The summed E-state index contributed by atoms with van der Waals surface area (Å²) in [6.07, 6.45) is 1.79. The fourth-order valence-electron chi connectivity index (χ4n) is 3.64. The van der Waals surface area contributed by atoms with Gasteiger partial charge in [0.2, 0.25) is 0 Å². The lowest BCUT2D eigenvalue weighted by molar-refractivity contribution is -0.122. The molecule has 1 aliphatic heterocycles. The number of rotatable bonds is 9. The summed E-state index contributed by atoms with van der Waals surface area (Å²) in [5, 5.41) is 9.75. The molecule has 0 aromatic heterocycles. The number of hydrogen-bond acceptors (Lipinski definition) is 6. The van der Waals surface area contributed by atoms with Gasteiger partial charge < -0.3 is 14.6 Å². The lowest BCUT2D eigenvalue weighted by Crippen LogP contribution is -2.28. The molecule has 0 atom stereocenters. The Balaban J connectivity index is 1.62. The summed E-state index contributed by atoms with van der Waals surface area (Å²) in [6, 6.07) is 19.9. The van der Waals surface area contributed by atoms with Crippen molar-refractivity contribution in [3.05, 3.63) is 92.8 Å². The SMILES string of the molecule is CCOc1cc(/C=C2/SC(=Nc3cccc(C(=O)O)c3)N(CC)C2=O)cc(Br)c1OCc1ccccc1. The maximum absolute atomic E-state index is 13.1. The molecule has 1 fully saturated rings. The number of benzene rings is 3. The van der Waals surface area contributed by atoms with E-state index in [0.29, 0.717) is 51.5 Å². The van der Waals surface area contributed by atoms with Crippen molar-refractivity contribution in [1.29, 1.82) is 0 Å². The summed E-state index contributed by atoms with van der Waals surface area (Å²) in [6.45, 7) is 5.05. The van der Waals surface area contributed by atoms with Crippen LogP contribution in [0.1, 0.15) is 35.3 Å². The van der Waals surface area contributed by atoms with Crippen molar-refractivity contribution >= 4 is 56.5 Å². The van der Waals surface area contributed by atoms with E-state index in [-0.39, 0.29) is 11.5 Å². The number of halogens is 1. The average Bonchev–Trinajstić information content (AvgIpc) is 3.17. The van der Waals surface area contributed by atoms with Crippen molar-refractivity contribution in [3.8, 4) is 11.5 Å². The minimum absolute atomic E-state index is 0.137. The molecule has 0 bridgehead atoms. The third kappa shape index (κ3) is 6.42. The van der Waals surface area contributed by atoms with Crippen molar-refractivity contribution < 1.29 is 24.2 Å². The van der Waals surface area contributed by atoms with Crippen LogP contribution in [0.25, 0.3) is 6.08 Å². The van der Waals surface area contributed by atoms with Crippen molar-refractivity contribution in [2.24, 2.45) is 4.99 Å². The molecule has 0 aliphatic carbocycles. The molecule has 3 aromatic carbocycles. The van der Waals surface area contributed by atoms with Gasteiger partial charge in [-0.3, -0.25) is 9.69 Å². The fourth-order valence-corrected chi connectivity index (χ4v) is 5.28. The van der Waals surface area contributed by atoms with Crippen LogP contribution in [0.2, 0.25) is 0 Å². The third-order valence-corrected chi connectivity index (χ3v) is 6.97. The van der Waals surface area contributed by atoms with Crippen LogP contribution in [-0.2, 0) is 11.4 Å². The topological polar surface area (TPSA) is 88.4 Å². The summed E-state index contributed by atoms with van der Waals surface area (Å²) in [5.41, 5.74) is 2.41. The van der Waals surface area contributed by atoms with Crippen LogP contribution < -0.4 is 9.47 Å². The molecule has 1 saturated heterocycles. The second-order valence-electron chi connectivity index (χ2n) is 7.95. The Hall–Kier alpha value is -3.56. The molecule has 7 nitrogen and oxygen atoms in total. The molecule has 0 radical (unpaired) electrons. The van der Waals surface area contributed by atoms with E-state index in [0.717, 1.165) is 11.1 Å². The van der Waals surface area contributed by atoms with E-state index < -0.39 is 5.97 Å². The summed E-state index contributed by atoms with van der Waals surface area (Å²) in [7, 11) is 0. The van der Waals surface area contributed by atoms with Gasteiger partial charge in [0.25, 0.3) is 5.91 Å². The van der Waals surface area contributed by atoms with Gasteiger partial charge in [0.15, 0.2) is 16.7 Å². The third-order valence-electron chi connectivity index (χ3n) is 5.38. The molecule has 9 heteroatoms. The zero-order valence-corrected chi connectivity index (χ0v) is 22.7. The van der Waals surface area contributed by atoms with E-state index in [1.165, 1.54) is 23.9 Å². The molecule has 1 aliphatic rings. The Morgan fingerprint density at radius 1 is 1.08 bits per heavy atom. The lowest BCUT2D eigenvalue weighted by Gasteiger charge is -2.15. The van der Waals surface area contributed by atoms with E-state index in [4.69, 9.17) is 9.47 Å². The normalized spacial score (nSPS) is 15.4. The molecule has 0 saturated carbocycles. The van der Waals surface area contributed by atoms with Crippen LogP contribution >= 0.6 is 27.7 Å². The number of likely N-dealkylation sites (N-methyl/N-ethyl adjacent to an activating group) is 1. The second-order valence-corrected chi connectivity index (χ2v) is 9.81. The van der Waals surface area contributed by atoms with Crippen LogP contribution in [-0.4, -0.2) is 40.2 Å². The summed E-state index contributed by atoms with van der Waals surface area (Å²) in [5.74, 6) is -0.0352. The smallest absolute Gasteiger partial charge is 0.335 e. The average molecular weight is 581 g/mol. The van der Waals surface area contributed by atoms with Crippen molar-refractivity contribution in [1.82, 2.24) is 4.90 Å². The van der Waals surface area contributed by atoms with Gasteiger partial charge in [0.1, 0.15) is 6.61 Å². The van der Waals surface area contributed by atoms with Gasteiger partial charge in [-0.05, 0) is 89.1 Å². The van der Waals surface area contributed by atoms with Crippen LogP contribution in [0.15, 0.2) is 81.1 Å². The van der Waals surface area contributed by atoms with Crippen molar-refractivity contribution in [2.75, 3.05) is 13.2 Å². The van der Waals surface area contributed by atoms with Crippen LogP contribution in [0.5, 0.6) is 11.5 Å². The predicted octanol–water partition coefficient (Wildman–Crippen LogP) is 6.75. The Bertz CT molecular complexity index is 1370. The largest absolute Gasteiger partial charge is 0.490 e. The molecule has 0 spiro atoms. The van der Waals surface area contributed by atoms with Crippen LogP contribution in [0.3, 0.4) is 0 Å². The number of hydrogen-bond donors (Lipinski definition) is 1. The zero-order chi connectivity index (χ0) is 26.4. The zero-order valence-electron chi connectivity index (χ0n) is 20.3. The second kappa shape index (κ2) is 12.1. The number of thioether (sulfide) groups is 1. The standard InChI is InChI=1S/C28H25BrN2O5S/c1-3-31-26(32)24(37-28(31)30-21-12-8-11-20(16-21)27(33)34)15-19-13-22(29)25(23(14-19)35-4-2)36-17-18-9-6-5-7-10-18/h5-16H,3-4,17H2,1-2H3,(H,33,34)/b24-15+,30-28?.